The maximum Gasteiger partial charge on any atom is 0.326 e. The van der Waals surface area contributed by atoms with E-state index in [1.165, 1.54) is 25.4 Å². The van der Waals surface area contributed by atoms with Gasteiger partial charge in [0.15, 0.2) is 5.75 Å². The molecule has 3 aromatic rings. The highest BCUT2D eigenvalue weighted by Gasteiger charge is 2.24. The summed E-state index contributed by atoms with van der Waals surface area (Å²) >= 11 is 12.1. The Hall–Kier alpha value is -3.36. The number of carbonyl (C=O) groups is 2. The zero-order chi connectivity index (χ0) is 22.5. The summed E-state index contributed by atoms with van der Waals surface area (Å²) in [5.74, 6) is -1.59. The molecule has 1 atom stereocenters. The number of aromatic nitrogens is 2. The number of nitrogens with one attached hydrogen (secondary N) is 2. The van der Waals surface area contributed by atoms with E-state index in [4.69, 9.17) is 27.9 Å². The highest BCUT2D eigenvalue weighted by Crippen LogP contribution is 2.26. The lowest BCUT2D eigenvalue weighted by Gasteiger charge is -2.16. The van der Waals surface area contributed by atoms with Crippen LogP contribution < -0.4 is 15.6 Å². The van der Waals surface area contributed by atoms with E-state index < -0.39 is 23.5 Å². The second kappa shape index (κ2) is 9.63. The molecule has 0 bridgehead atoms. The molecule has 1 aromatic heterocycles. The topological polar surface area (TPSA) is 121 Å². The Balaban J connectivity index is 1.81. The fraction of sp³-hybridized carbons (Fsp3) is 0.143. The van der Waals surface area contributed by atoms with Crippen LogP contribution in [0.4, 0.5) is 0 Å². The van der Waals surface area contributed by atoms with Crippen molar-refractivity contribution in [3.05, 3.63) is 80.2 Å². The van der Waals surface area contributed by atoms with Gasteiger partial charge in [0.2, 0.25) is 0 Å². The molecular weight excluding hydrogens is 445 g/mol. The number of rotatable bonds is 7. The quantitative estimate of drug-likeness (QED) is 0.496. The maximum atomic E-state index is 12.5. The summed E-state index contributed by atoms with van der Waals surface area (Å²) in [5, 5.41) is 18.3. The number of nitrogens with zero attached hydrogens (tertiary/aromatic N) is 1. The SMILES string of the molecule is COc1cn[nH]c(=O)c1-c1ccc(CC(NC(=O)c2c(Cl)cccc2Cl)C(=O)O)cc1. The van der Waals surface area contributed by atoms with Crippen molar-refractivity contribution in [2.24, 2.45) is 0 Å². The predicted molar refractivity (Wildman–Crippen MR) is 116 cm³/mol. The van der Waals surface area contributed by atoms with Gasteiger partial charge in [-0.3, -0.25) is 9.59 Å². The molecule has 0 aliphatic carbocycles. The van der Waals surface area contributed by atoms with E-state index in [0.29, 0.717) is 22.4 Å². The van der Waals surface area contributed by atoms with Crippen LogP contribution in [0, 0.1) is 0 Å². The molecule has 1 unspecified atom stereocenters. The van der Waals surface area contributed by atoms with Crippen molar-refractivity contribution in [3.63, 3.8) is 0 Å². The summed E-state index contributed by atoms with van der Waals surface area (Å²) in [6.07, 6.45) is 1.40. The monoisotopic (exact) mass is 461 g/mol. The lowest BCUT2D eigenvalue weighted by Crippen LogP contribution is -2.42. The highest BCUT2D eigenvalue weighted by molar-refractivity contribution is 6.39. The van der Waals surface area contributed by atoms with Gasteiger partial charge in [0.05, 0.1) is 34.5 Å². The fourth-order valence-electron chi connectivity index (χ4n) is 3.00. The van der Waals surface area contributed by atoms with Gasteiger partial charge < -0.3 is 15.2 Å². The second-order valence-corrected chi connectivity index (χ2v) is 7.32. The lowest BCUT2D eigenvalue weighted by atomic mass is 10.0. The molecule has 0 saturated heterocycles. The van der Waals surface area contributed by atoms with Gasteiger partial charge in [-0.05, 0) is 23.3 Å². The van der Waals surface area contributed by atoms with Crippen molar-refractivity contribution in [3.8, 4) is 16.9 Å². The number of ether oxygens (including phenoxy) is 1. The molecule has 160 valence electrons. The molecule has 0 radical (unpaired) electrons. The number of carbonyl (C=O) groups excluding carboxylic acids is 1. The molecule has 3 rings (SSSR count). The van der Waals surface area contributed by atoms with E-state index in [9.17, 15) is 19.5 Å². The largest absolute Gasteiger partial charge is 0.494 e. The number of amides is 1. The Morgan fingerprint density at radius 1 is 1.16 bits per heavy atom. The summed E-state index contributed by atoms with van der Waals surface area (Å²) in [5.41, 5.74) is 1.10. The van der Waals surface area contributed by atoms with Crippen LogP contribution in [0.2, 0.25) is 10.0 Å². The van der Waals surface area contributed by atoms with Crippen molar-refractivity contribution in [2.45, 2.75) is 12.5 Å². The molecule has 1 heterocycles. The Labute approximate surface area is 186 Å². The summed E-state index contributed by atoms with van der Waals surface area (Å²) in [7, 11) is 1.43. The molecule has 1 amide bonds. The van der Waals surface area contributed by atoms with Gasteiger partial charge in [0, 0.05) is 6.42 Å². The van der Waals surface area contributed by atoms with E-state index in [1.807, 2.05) is 0 Å². The van der Waals surface area contributed by atoms with Gasteiger partial charge >= 0.3 is 5.97 Å². The van der Waals surface area contributed by atoms with Crippen LogP contribution in [0.5, 0.6) is 5.75 Å². The number of carboxylic acids is 1. The van der Waals surface area contributed by atoms with Crippen molar-refractivity contribution >= 4 is 35.1 Å². The summed E-state index contributed by atoms with van der Waals surface area (Å²) in [6, 6.07) is 10.0. The predicted octanol–water partition coefficient (Wildman–Crippen LogP) is 3.18. The molecule has 31 heavy (non-hydrogen) atoms. The standard InChI is InChI=1S/C21H17Cl2N3O5/c1-31-16-10-24-26-20(28)17(16)12-7-5-11(6-8-12)9-15(21(29)30)25-19(27)18-13(22)3-2-4-14(18)23/h2-8,10,15H,9H2,1H3,(H,25,27)(H,26,28)(H,29,30). The van der Waals surface area contributed by atoms with Crippen molar-refractivity contribution in [2.75, 3.05) is 7.11 Å². The average Bonchev–Trinajstić information content (AvgIpc) is 2.73. The number of hydrogen-bond acceptors (Lipinski definition) is 5. The molecule has 0 aliphatic heterocycles. The molecule has 8 nitrogen and oxygen atoms in total. The first-order valence-corrected chi connectivity index (χ1v) is 9.76. The fourth-order valence-corrected chi connectivity index (χ4v) is 3.57. The van der Waals surface area contributed by atoms with Crippen LogP contribution >= 0.6 is 23.2 Å². The first-order valence-electron chi connectivity index (χ1n) is 9.00. The van der Waals surface area contributed by atoms with Crippen molar-refractivity contribution in [1.29, 1.82) is 0 Å². The number of halogens is 2. The Morgan fingerprint density at radius 3 is 2.39 bits per heavy atom. The highest BCUT2D eigenvalue weighted by atomic mass is 35.5. The Kier molecular flexibility index (Phi) is 6.94. The second-order valence-electron chi connectivity index (χ2n) is 6.50. The minimum Gasteiger partial charge on any atom is -0.494 e. The molecular formula is C21H17Cl2N3O5. The number of H-pyrrole nitrogens is 1. The molecule has 10 heteroatoms. The molecule has 2 aromatic carbocycles. The third-order valence-corrected chi connectivity index (χ3v) is 5.15. The lowest BCUT2D eigenvalue weighted by molar-refractivity contribution is -0.139. The van der Waals surface area contributed by atoms with E-state index in [0.717, 1.165) is 0 Å². The number of aromatic amines is 1. The van der Waals surface area contributed by atoms with Gasteiger partial charge in [-0.15, -0.1) is 0 Å². The Morgan fingerprint density at radius 2 is 1.81 bits per heavy atom. The van der Waals surface area contributed by atoms with Gasteiger partial charge in [-0.25, -0.2) is 9.89 Å². The minimum absolute atomic E-state index is 0.00720. The van der Waals surface area contributed by atoms with Crippen LogP contribution in [-0.4, -0.2) is 40.3 Å². The number of hydrogen-bond donors (Lipinski definition) is 3. The molecule has 0 aliphatic rings. The van der Waals surface area contributed by atoms with E-state index in [2.05, 4.69) is 15.5 Å². The van der Waals surface area contributed by atoms with Crippen LogP contribution in [-0.2, 0) is 11.2 Å². The van der Waals surface area contributed by atoms with Crippen molar-refractivity contribution < 1.29 is 19.4 Å². The van der Waals surface area contributed by atoms with Crippen LogP contribution in [0.25, 0.3) is 11.1 Å². The van der Waals surface area contributed by atoms with Crippen LogP contribution in [0.15, 0.2) is 53.5 Å². The maximum absolute atomic E-state index is 12.5. The van der Waals surface area contributed by atoms with Crippen LogP contribution in [0.1, 0.15) is 15.9 Å². The third kappa shape index (κ3) is 5.04. The zero-order valence-electron chi connectivity index (χ0n) is 16.2. The van der Waals surface area contributed by atoms with Gasteiger partial charge in [-0.1, -0.05) is 53.5 Å². The van der Waals surface area contributed by atoms with E-state index >= 15 is 0 Å². The van der Waals surface area contributed by atoms with Crippen LogP contribution in [0.3, 0.4) is 0 Å². The number of carboxylic acid groups (broad SMARTS) is 1. The summed E-state index contributed by atoms with van der Waals surface area (Å²) < 4.78 is 5.18. The van der Waals surface area contributed by atoms with E-state index in [1.54, 1.807) is 30.3 Å². The molecule has 0 saturated carbocycles. The molecule has 3 N–H and O–H groups in total. The zero-order valence-corrected chi connectivity index (χ0v) is 17.7. The average molecular weight is 462 g/mol. The normalized spacial score (nSPS) is 11.6. The number of aliphatic carboxylic acids is 1. The Bertz CT molecular complexity index is 1160. The minimum atomic E-state index is -1.22. The van der Waals surface area contributed by atoms with E-state index in [-0.39, 0.29) is 22.0 Å². The number of methoxy groups -OCH3 is 1. The third-order valence-electron chi connectivity index (χ3n) is 4.52. The molecule has 0 spiro atoms. The smallest absolute Gasteiger partial charge is 0.326 e. The first-order chi connectivity index (χ1) is 14.8. The first kappa shape index (κ1) is 22.3. The van der Waals surface area contributed by atoms with Gasteiger partial charge in [-0.2, -0.15) is 5.10 Å². The van der Waals surface area contributed by atoms with Crippen molar-refractivity contribution in [1.82, 2.24) is 15.5 Å². The summed E-state index contributed by atoms with van der Waals surface area (Å²) in [6.45, 7) is 0. The summed E-state index contributed by atoms with van der Waals surface area (Å²) in [4.78, 5) is 36.4. The molecule has 0 fully saturated rings. The van der Waals surface area contributed by atoms with Gasteiger partial charge in [0.1, 0.15) is 6.04 Å². The van der Waals surface area contributed by atoms with Gasteiger partial charge in [0.25, 0.3) is 11.5 Å². The number of benzene rings is 2.